The van der Waals surface area contributed by atoms with Crippen LogP contribution in [-0.4, -0.2) is 29.1 Å². The second-order valence-electron chi connectivity index (χ2n) is 5.41. The van der Waals surface area contributed by atoms with Crippen LogP contribution >= 0.6 is 0 Å². The van der Waals surface area contributed by atoms with Crippen molar-refractivity contribution >= 4 is 5.97 Å². The van der Waals surface area contributed by atoms with Crippen LogP contribution in [0.4, 0.5) is 4.39 Å². The molecule has 1 aromatic carbocycles. The van der Waals surface area contributed by atoms with E-state index in [2.05, 4.69) is 4.90 Å². The Labute approximate surface area is 113 Å². The van der Waals surface area contributed by atoms with Crippen LogP contribution in [0.3, 0.4) is 0 Å². The zero-order valence-corrected chi connectivity index (χ0v) is 11.2. The first-order valence-electron chi connectivity index (χ1n) is 6.74. The Morgan fingerprint density at radius 3 is 3.05 bits per heavy atom. The molecule has 0 saturated carbocycles. The lowest BCUT2D eigenvalue weighted by atomic mass is 9.94. The minimum Gasteiger partial charge on any atom is -0.481 e. The van der Waals surface area contributed by atoms with E-state index in [1.807, 2.05) is 6.92 Å². The topological polar surface area (TPSA) is 40.5 Å². The van der Waals surface area contributed by atoms with Gasteiger partial charge in [-0.1, -0.05) is 6.07 Å². The van der Waals surface area contributed by atoms with Gasteiger partial charge in [0.2, 0.25) is 0 Å². The molecule has 0 aromatic heterocycles. The standard InChI is InChI=1S/C15H20FNO2/c1-11-4-5-14(16)8-13(11)10-17-6-2-3-12(9-17)7-15(18)19/h4-5,8,12H,2-3,6-7,9-10H2,1H3,(H,18,19). The first kappa shape index (κ1) is 14.0. The molecule has 3 nitrogen and oxygen atoms in total. The molecule has 1 aliphatic rings. The van der Waals surface area contributed by atoms with E-state index in [9.17, 15) is 9.18 Å². The van der Waals surface area contributed by atoms with Crippen LogP contribution in [0.15, 0.2) is 18.2 Å². The van der Waals surface area contributed by atoms with Gasteiger partial charge >= 0.3 is 5.97 Å². The normalized spacial score (nSPS) is 20.4. The van der Waals surface area contributed by atoms with Gasteiger partial charge in [-0.3, -0.25) is 9.69 Å². The number of hydrogen-bond donors (Lipinski definition) is 1. The lowest BCUT2D eigenvalue weighted by Gasteiger charge is -2.32. The van der Waals surface area contributed by atoms with Crippen LogP contribution in [0, 0.1) is 18.7 Å². The Morgan fingerprint density at radius 2 is 2.32 bits per heavy atom. The van der Waals surface area contributed by atoms with Crippen molar-refractivity contribution in [2.75, 3.05) is 13.1 Å². The number of benzene rings is 1. The molecule has 19 heavy (non-hydrogen) atoms. The van der Waals surface area contributed by atoms with E-state index in [1.165, 1.54) is 6.07 Å². The van der Waals surface area contributed by atoms with Gasteiger partial charge in [-0.2, -0.15) is 0 Å². The number of nitrogens with zero attached hydrogens (tertiary/aromatic N) is 1. The average molecular weight is 265 g/mol. The van der Waals surface area contributed by atoms with E-state index in [1.54, 1.807) is 12.1 Å². The highest BCUT2D eigenvalue weighted by Crippen LogP contribution is 2.22. The SMILES string of the molecule is Cc1ccc(F)cc1CN1CCCC(CC(=O)O)C1. The van der Waals surface area contributed by atoms with Gasteiger partial charge in [0.15, 0.2) is 0 Å². The molecule has 1 aliphatic heterocycles. The van der Waals surface area contributed by atoms with E-state index < -0.39 is 5.97 Å². The van der Waals surface area contributed by atoms with Crippen LogP contribution < -0.4 is 0 Å². The molecule has 0 amide bonds. The molecule has 0 aliphatic carbocycles. The van der Waals surface area contributed by atoms with Crippen LogP contribution in [0.25, 0.3) is 0 Å². The van der Waals surface area contributed by atoms with Crippen molar-refractivity contribution in [2.45, 2.75) is 32.7 Å². The fraction of sp³-hybridized carbons (Fsp3) is 0.533. The summed E-state index contributed by atoms with van der Waals surface area (Å²) >= 11 is 0. The van der Waals surface area contributed by atoms with Gasteiger partial charge in [-0.25, -0.2) is 4.39 Å². The Balaban J connectivity index is 1.98. The first-order valence-corrected chi connectivity index (χ1v) is 6.74. The molecule has 1 heterocycles. The number of carboxylic acid groups (broad SMARTS) is 1. The largest absolute Gasteiger partial charge is 0.481 e. The van der Waals surface area contributed by atoms with Crippen LogP contribution in [0.1, 0.15) is 30.4 Å². The second kappa shape index (κ2) is 6.15. The van der Waals surface area contributed by atoms with E-state index in [0.717, 1.165) is 37.1 Å². The Hall–Kier alpha value is -1.42. The molecule has 0 bridgehead atoms. The Kier molecular flexibility index (Phi) is 4.53. The molecular weight excluding hydrogens is 245 g/mol. The summed E-state index contributed by atoms with van der Waals surface area (Å²) in [6.45, 7) is 4.45. The minimum atomic E-state index is -0.728. The number of piperidine rings is 1. The van der Waals surface area contributed by atoms with Gasteiger partial charge in [0.1, 0.15) is 5.82 Å². The van der Waals surface area contributed by atoms with Gasteiger partial charge < -0.3 is 5.11 Å². The lowest BCUT2D eigenvalue weighted by Crippen LogP contribution is -2.35. The average Bonchev–Trinajstić information content (AvgIpc) is 2.33. The highest BCUT2D eigenvalue weighted by Gasteiger charge is 2.22. The van der Waals surface area contributed by atoms with Gasteiger partial charge in [0.05, 0.1) is 0 Å². The number of carbonyl (C=O) groups is 1. The molecular formula is C15H20FNO2. The molecule has 4 heteroatoms. The van der Waals surface area contributed by atoms with Gasteiger partial charge in [-0.05, 0) is 55.5 Å². The van der Waals surface area contributed by atoms with Crippen LogP contribution in [-0.2, 0) is 11.3 Å². The minimum absolute atomic E-state index is 0.209. The van der Waals surface area contributed by atoms with Crippen LogP contribution in [0.2, 0.25) is 0 Å². The molecule has 1 aromatic rings. The van der Waals surface area contributed by atoms with Crippen molar-refractivity contribution in [1.29, 1.82) is 0 Å². The molecule has 1 N–H and O–H groups in total. The monoisotopic (exact) mass is 265 g/mol. The zero-order chi connectivity index (χ0) is 13.8. The highest BCUT2D eigenvalue weighted by molar-refractivity contribution is 5.67. The summed E-state index contributed by atoms with van der Waals surface area (Å²) in [6, 6.07) is 4.85. The van der Waals surface area contributed by atoms with Crippen molar-refractivity contribution in [3.8, 4) is 0 Å². The number of hydrogen-bond acceptors (Lipinski definition) is 2. The quantitative estimate of drug-likeness (QED) is 0.910. The van der Waals surface area contributed by atoms with Crippen molar-refractivity contribution in [3.05, 3.63) is 35.1 Å². The number of aryl methyl sites for hydroxylation is 1. The summed E-state index contributed by atoms with van der Waals surface area (Å²) in [5.74, 6) is -0.714. The summed E-state index contributed by atoms with van der Waals surface area (Å²) in [5.41, 5.74) is 2.08. The molecule has 1 unspecified atom stereocenters. The number of halogens is 1. The van der Waals surface area contributed by atoms with Gasteiger partial charge in [-0.15, -0.1) is 0 Å². The summed E-state index contributed by atoms with van der Waals surface area (Å²) in [4.78, 5) is 13.0. The molecule has 2 rings (SSSR count). The molecule has 104 valence electrons. The smallest absolute Gasteiger partial charge is 0.303 e. The van der Waals surface area contributed by atoms with E-state index in [-0.39, 0.29) is 18.2 Å². The van der Waals surface area contributed by atoms with E-state index in [4.69, 9.17) is 5.11 Å². The third-order valence-electron chi connectivity index (χ3n) is 3.77. The fourth-order valence-electron chi connectivity index (χ4n) is 2.76. The van der Waals surface area contributed by atoms with Crippen molar-refractivity contribution in [2.24, 2.45) is 5.92 Å². The molecule has 1 saturated heterocycles. The second-order valence-corrected chi connectivity index (χ2v) is 5.41. The van der Waals surface area contributed by atoms with Crippen molar-refractivity contribution < 1.29 is 14.3 Å². The first-order chi connectivity index (χ1) is 9.04. The van der Waals surface area contributed by atoms with E-state index in [0.29, 0.717) is 6.54 Å². The number of rotatable bonds is 4. The predicted octanol–water partition coefficient (Wildman–Crippen LogP) is 2.82. The maximum absolute atomic E-state index is 13.3. The van der Waals surface area contributed by atoms with Crippen molar-refractivity contribution in [3.63, 3.8) is 0 Å². The maximum Gasteiger partial charge on any atom is 0.303 e. The molecule has 0 spiro atoms. The molecule has 1 fully saturated rings. The third kappa shape index (κ3) is 4.03. The summed E-state index contributed by atoms with van der Waals surface area (Å²) in [5, 5.41) is 8.85. The number of likely N-dealkylation sites (tertiary alicyclic amines) is 1. The van der Waals surface area contributed by atoms with Crippen LogP contribution in [0.5, 0.6) is 0 Å². The van der Waals surface area contributed by atoms with Gasteiger partial charge in [0, 0.05) is 19.5 Å². The zero-order valence-electron chi connectivity index (χ0n) is 11.2. The highest BCUT2D eigenvalue weighted by atomic mass is 19.1. The lowest BCUT2D eigenvalue weighted by molar-refractivity contribution is -0.138. The third-order valence-corrected chi connectivity index (χ3v) is 3.77. The number of aliphatic carboxylic acids is 1. The molecule has 1 atom stereocenters. The van der Waals surface area contributed by atoms with E-state index >= 15 is 0 Å². The van der Waals surface area contributed by atoms with Gasteiger partial charge in [0.25, 0.3) is 0 Å². The Morgan fingerprint density at radius 1 is 1.53 bits per heavy atom. The molecule has 0 radical (unpaired) electrons. The summed E-state index contributed by atoms with van der Waals surface area (Å²) in [6.07, 6.45) is 2.23. The van der Waals surface area contributed by atoms with Crippen molar-refractivity contribution in [1.82, 2.24) is 4.90 Å². The predicted molar refractivity (Wildman–Crippen MR) is 71.4 cm³/mol. The summed E-state index contributed by atoms with van der Waals surface area (Å²) < 4.78 is 13.3. The maximum atomic E-state index is 13.3. The Bertz CT molecular complexity index is 461. The number of carboxylic acids is 1. The fourth-order valence-corrected chi connectivity index (χ4v) is 2.76. The summed E-state index contributed by atoms with van der Waals surface area (Å²) in [7, 11) is 0.